The molecule has 12 heteroatoms. The van der Waals surface area contributed by atoms with E-state index in [4.69, 9.17) is 14.3 Å². The summed E-state index contributed by atoms with van der Waals surface area (Å²) in [5.41, 5.74) is 0.0430. The number of rotatable bonds is 10. The van der Waals surface area contributed by atoms with Gasteiger partial charge in [0.05, 0.1) is 22.7 Å². The van der Waals surface area contributed by atoms with Crippen molar-refractivity contribution >= 4 is 75.3 Å². The molecule has 2 atom stereocenters. The molecule has 1 heterocycles. The lowest BCUT2D eigenvalue weighted by atomic mass is 9.87. The molecule has 1 aliphatic carbocycles. The normalized spacial score (nSPS) is 21.8. The van der Waals surface area contributed by atoms with Gasteiger partial charge in [0.1, 0.15) is 23.3 Å². The standard InChI is InChI=1S/C22H25Br4N3O5/c1-27-5-3-7-33-12-8-14(23)13(15(24)9-12)4-6-28-21(31)17-11-22(34-29-17)10-16(25)19(32-2)18(26)20(22)30/h8-10,20,27,30H,3-7,11H2,1-2H3,(H,28,31)/t20-,22+/m0/s1. The number of aliphatic hydroxyl groups is 1. The van der Waals surface area contributed by atoms with E-state index in [-0.39, 0.29) is 18.0 Å². The van der Waals surface area contributed by atoms with Gasteiger partial charge in [0, 0.05) is 21.9 Å². The van der Waals surface area contributed by atoms with E-state index in [1.54, 1.807) is 6.08 Å². The van der Waals surface area contributed by atoms with E-state index >= 15 is 0 Å². The number of oxime groups is 1. The van der Waals surface area contributed by atoms with Crippen LogP contribution in [0.2, 0.25) is 0 Å². The van der Waals surface area contributed by atoms with Crippen LogP contribution in [0, 0.1) is 0 Å². The smallest absolute Gasteiger partial charge is 0.269 e. The van der Waals surface area contributed by atoms with Gasteiger partial charge >= 0.3 is 0 Å². The molecule has 3 N–H and O–H groups in total. The number of aliphatic hydroxyl groups excluding tert-OH is 1. The molecule has 186 valence electrons. The third kappa shape index (κ3) is 6.25. The highest BCUT2D eigenvalue weighted by atomic mass is 79.9. The first-order valence-corrected chi connectivity index (χ1v) is 13.7. The summed E-state index contributed by atoms with van der Waals surface area (Å²) in [6.07, 6.45) is 2.23. The Morgan fingerprint density at radius 3 is 2.62 bits per heavy atom. The number of benzene rings is 1. The van der Waals surface area contributed by atoms with Crippen LogP contribution in [0.15, 0.2) is 47.0 Å². The van der Waals surface area contributed by atoms with Crippen LogP contribution >= 0.6 is 63.7 Å². The average Bonchev–Trinajstić information content (AvgIpc) is 3.22. The van der Waals surface area contributed by atoms with Gasteiger partial charge in [-0.05, 0) is 82.1 Å². The molecule has 0 saturated heterocycles. The van der Waals surface area contributed by atoms with E-state index in [1.165, 1.54) is 7.11 Å². The number of nitrogens with zero attached hydrogens (tertiary/aromatic N) is 1. The van der Waals surface area contributed by atoms with Gasteiger partial charge in [0.25, 0.3) is 5.91 Å². The molecule has 0 fully saturated rings. The highest BCUT2D eigenvalue weighted by molar-refractivity contribution is 9.12. The largest absolute Gasteiger partial charge is 0.495 e. The maximum atomic E-state index is 12.7. The predicted octanol–water partition coefficient (Wildman–Crippen LogP) is 4.28. The molecule has 1 aromatic carbocycles. The summed E-state index contributed by atoms with van der Waals surface area (Å²) in [6, 6.07) is 3.85. The average molecular weight is 731 g/mol. The molecule has 0 bridgehead atoms. The number of amides is 1. The lowest BCUT2D eigenvalue weighted by Crippen LogP contribution is -2.45. The first-order valence-electron chi connectivity index (χ1n) is 10.5. The van der Waals surface area contributed by atoms with Gasteiger partial charge in [0.15, 0.2) is 5.60 Å². The molecule has 1 aromatic rings. The SMILES string of the molecule is CNCCCOc1cc(Br)c(CCNC(=O)C2=NO[C@]3(C=C(Br)C(OC)=C(Br)[C@@H]3O)C2)c(Br)c1. The lowest BCUT2D eigenvalue weighted by molar-refractivity contribution is -0.114. The topological polar surface area (TPSA) is 101 Å². The van der Waals surface area contributed by atoms with E-state index in [1.807, 2.05) is 19.2 Å². The Hall–Kier alpha value is -0.920. The second-order valence-corrected chi connectivity index (χ2v) is 11.1. The van der Waals surface area contributed by atoms with E-state index in [2.05, 4.69) is 79.5 Å². The summed E-state index contributed by atoms with van der Waals surface area (Å²) in [7, 11) is 3.41. The van der Waals surface area contributed by atoms with Crippen LogP contribution in [-0.2, 0) is 20.8 Å². The number of methoxy groups -OCH3 is 1. The van der Waals surface area contributed by atoms with Gasteiger partial charge in [0.2, 0.25) is 0 Å². The van der Waals surface area contributed by atoms with Crippen molar-refractivity contribution in [3.63, 3.8) is 0 Å². The van der Waals surface area contributed by atoms with Crippen molar-refractivity contribution in [2.45, 2.75) is 31.0 Å². The Bertz CT molecular complexity index is 1010. The van der Waals surface area contributed by atoms with Crippen molar-refractivity contribution < 1.29 is 24.2 Å². The highest BCUT2D eigenvalue weighted by Crippen LogP contribution is 2.43. The molecule has 1 amide bonds. The summed E-state index contributed by atoms with van der Waals surface area (Å²) in [6.45, 7) is 1.91. The van der Waals surface area contributed by atoms with Crippen LogP contribution in [0.4, 0.5) is 0 Å². The van der Waals surface area contributed by atoms with Crippen molar-refractivity contribution in [1.29, 1.82) is 0 Å². The quantitative estimate of drug-likeness (QED) is 0.311. The first-order chi connectivity index (χ1) is 16.2. The maximum Gasteiger partial charge on any atom is 0.269 e. The van der Waals surface area contributed by atoms with Gasteiger partial charge in [-0.3, -0.25) is 4.79 Å². The fraction of sp³-hybridized carbons (Fsp3) is 0.455. The summed E-state index contributed by atoms with van der Waals surface area (Å²) in [5, 5.41) is 20.7. The molecule has 0 radical (unpaired) electrons. The van der Waals surface area contributed by atoms with Crippen LogP contribution in [0.25, 0.3) is 0 Å². The van der Waals surface area contributed by atoms with Crippen molar-refractivity contribution in [3.05, 3.63) is 47.4 Å². The van der Waals surface area contributed by atoms with Crippen molar-refractivity contribution in [1.82, 2.24) is 10.6 Å². The summed E-state index contributed by atoms with van der Waals surface area (Å²) in [5.74, 6) is 0.889. The van der Waals surface area contributed by atoms with Gasteiger partial charge in [-0.15, -0.1) is 0 Å². The van der Waals surface area contributed by atoms with Crippen molar-refractivity contribution in [2.75, 3.05) is 33.9 Å². The van der Waals surface area contributed by atoms with Gasteiger partial charge in [-0.2, -0.15) is 0 Å². The van der Waals surface area contributed by atoms with E-state index in [9.17, 15) is 9.90 Å². The third-order valence-electron chi connectivity index (χ3n) is 5.36. The highest BCUT2D eigenvalue weighted by Gasteiger charge is 2.50. The number of carbonyl (C=O) groups excluding carboxylic acids is 1. The monoisotopic (exact) mass is 727 g/mol. The fourth-order valence-electron chi connectivity index (χ4n) is 3.56. The molecule has 0 saturated carbocycles. The van der Waals surface area contributed by atoms with Gasteiger partial charge in [-0.1, -0.05) is 37.0 Å². The van der Waals surface area contributed by atoms with E-state index in [0.29, 0.717) is 34.3 Å². The minimum atomic E-state index is -1.18. The van der Waals surface area contributed by atoms with E-state index in [0.717, 1.165) is 33.2 Å². The maximum absolute atomic E-state index is 12.7. The van der Waals surface area contributed by atoms with E-state index < -0.39 is 11.7 Å². The molecule has 2 aliphatic rings. The number of hydrogen-bond donors (Lipinski definition) is 3. The molecular weight excluding hydrogens is 706 g/mol. The Morgan fingerprint density at radius 2 is 1.97 bits per heavy atom. The Labute approximate surface area is 232 Å². The fourth-order valence-corrected chi connectivity index (χ4v) is 6.90. The van der Waals surface area contributed by atoms with Gasteiger partial charge in [-0.25, -0.2) is 0 Å². The van der Waals surface area contributed by atoms with Crippen LogP contribution < -0.4 is 15.4 Å². The number of hydrogen-bond acceptors (Lipinski definition) is 7. The summed E-state index contributed by atoms with van der Waals surface area (Å²) >= 11 is 14.0. The molecule has 8 nitrogen and oxygen atoms in total. The minimum Gasteiger partial charge on any atom is -0.495 e. The Balaban J connectivity index is 1.55. The zero-order chi connectivity index (χ0) is 24.9. The summed E-state index contributed by atoms with van der Waals surface area (Å²) in [4.78, 5) is 18.3. The zero-order valence-electron chi connectivity index (χ0n) is 18.6. The van der Waals surface area contributed by atoms with Gasteiger partial charge < -0.3 is 30.1 Å². The number of ether oxygens (including phenoxy) is 2. The van der Waals surface area contributed by atoms with Crippen molar-refractivity contribution in [3.8, 4) is 5.75 Å². The third-order valence-corrected chi connectivity index (χ3v) is 8.16. The molecule has 0 aromatic heterocycles. The molecule has 1 aliphatic heterocycles. The zero-order valence-corrected chi connectivity index (χ0v) is 24.9. The number of allylic oxidation sites excluding steroid dienone is 1. The molecule has 0 unspecified atom stereocenters. The Kier molecular flexibility index (Phi) is 10.1. The van der Waals surface area contributed by atoms with Crippen LogP contribution in [0.3, 0.4) is 0 Å². The predicted molar refractivity (Wildman–Crippen MR) is 144 cm³/mol. The second kappa shape index (κ2) is 12.4. The minimum absolute atomic E-state index is 0.119. The first kappa shape index (κ1) is 27.7. The second-order valence-electron chi connectivity index (χ2n) is 7.71. The number of carbonyl (C=O) groups is 1. The molecule has 1 spiro atoms. The number of nitrogens with one attached hydrogen (secondary N) is 2. The molecule has 34 heavy (non-hydrogen) atoms. The van der Waals surface area contributed by atoms with Crippen LogP contribution in [0.5, 0.6) is 5.75 Å². The van der Waals surface area contributed by atoms with Crippen LogP contribution in [0.1, 0.15) is 18.4 Å². The molecule has 3 rings (SSSR count). The lowest BCUT2D eigenvalue weighted by Gasteiger charge is -2.33. The Morgan fingerprint density at radius 1 is 1.26 bits per heavy atom. The number of halogens is 4. The van der Waals surface area contributed by atoms with Crippen LogP contribution in [-0.4, -0.2) is 62.3 Å². The summed E-state index contributed by atoms with van der Waals surface area (Å²) < 4.78 is 13.9. The molecular formula is C22H25Br4N3O5. The van der Waals surface area contributed by atoms with Crippen molar-refractivity contribution in [2.24, 2.45) is 5.16 Å².